The number of nitrogens with zero attached hydrogens (tertiary/aromatic N) is 9. The molecule has 0 spiro atoms. The zero-order valence-corrected chi connectivity index (χ0v) is 23.8. The van der Waals surface area contributed by atoms with Crippen molar-refractivity contribution in [3.05, 3.63) is 95.5 Å². The maximum Gasteiger partial charge on any atom is 0.225 e. The fourth-order valence-electron chi connectivity index (χ4n) is 6.01. The molecule has 11 nitrogen and oxygen atoms in total. The number of halogens is 2. The number of likely N-dealkylation sites (tertiary alicyclic amines) is 1. The van der Waals surface area contributed by atoms with Gasteiger partial charge in [-0.15, -0.1) is 5.10 Å². The first-order valence-corrected chi connectivity index (χ1v) is 14.5. The summed E-state index contributed by atoms with van der Waals surface area (Å²) < 4.78 is 19.2. The van der Waals surface area contributed by atoms with Gasteiger partial charge in [-0.05, 0) is 77.9 Å². The normalized spacial score (nSPS) is 18.6. The van der Waals surface area contributed by atoms with Crippen LogP contribution >= 0.6 is 11.6 Å². The topological polar surface area (TPSA) is 122 Å². The largest absolute Gasteiger partial charge is 0.618 e. The van der Waals surface area contributed by atoms with E-state index in [4.69, 9.17) is 11.6 Å². The maximum atomic E-state index is 15.4. The SMILES string of the molecule is O=C([C@H]1C[C@H]1CC(c1ccc(-c2c(-n3cnnn3)ccc(Cl)c2F)c[n+]1[O-])n1cc(-c2ccncc2)cn1)N1CCCC1. The molecule has 1 saturated carbocycles. The van der Waals surface area contributed by atoms with Crippen molar-refractivity contribution in [3.8, 4) is 27.9 Å². The molecule has 1 amide bonds. The van der Waals surface area contributed by atoms with Crippen molar-refractivity contribution in [1.82, 2.24) is 39.9 Å². The smallest absolute Gasteiger partial charge is 0.225 e. The van der Waals surface area contributed by atoms with Crippen molar-refractivity contribution in [2.75, 3.05) is 13.1 Å². The predicted molar refractivity (Wildman–Crippen MR) is 154 cm³/mol. The summed E-state index contributed by atoms with van der Waals surface area (Å²) in [6, 6.07) is 9.72. The third kappa shape index (κ3) is 5.22. The van der Waals surface area contributed by atoms with Gasteiger partial charge in [0, 0.05) is 49.2 Å². The van der Waals surface area contributed by atoms with Crippen molar-refractivity contribution in [2.24, 2.45) is 11.8 Å². The second-order valence-electron chi connectivity index (χ2n) is 11.0. The quantitative estimate of drug-likeness (QED) is 0.193. The lowest BCUT2D eigenvalue weighted by Gasteiger charge is -2.19. The Bertz CT molecular complexity index is 1770. The van der Waals surface area contributed by atoms with Crippen LogP contribution in [0.25, 0.3) is 27.9 Å². The number of rotatable bonds is 8. The Morgan fingerprint density at radius 3 is 2.65 bits per heavy atom. The van der Waals surface area contributed by atoms with E-state index in [1.54, 1.807) is 41.5 Å². The Kier molecular flexibility index (Phi) is 7.05. The minimum Gasteiger partial charge on any atom is -0.618 e. The highest BCUT2D eigenvalue weighted by Gasteiger charge is 2.47. The maximum absolute atomic E-state index is 15.4. The van der Waals surface area contributed by atoms with E-state index in [-0.39, 0.29) is 28.3 Å². The predicted octanol–water partition coefficient (Wildman–Crippen LogP) is 4.25. The highest BCUT2D eigenvalue weighted by atomic mass is 35.5. The Hall–Kier alpha value is -4.71. The van der Waals surface area contributed by atoms with Crippen molar-refractivity contribution < 1.29 is 13.9 Å². The molecule has 0 radical (unpaired) electrons. The number of amides is 1. The average Bonchev–Trinajstić information content (AvgIpc) is 3.51. The third-order valence-electron chi connectivity index (χ3n) is 8.36. The molecule has 1 unspecified atom stereocenters. The fraction of sp³-hybridized carbons (Fsp3) is 0.300. The van der Waals surface area contributed by atoms with Gasteiger partial charge >= 0.3 is 0 Å². The van der Waals surface area contributed by atoms with E-state index in [0.717, 1.165) is 48.2 Å². The van der Waals surface area contributed by atoms with Crippen molar-refractivity contribution in [3.63, 3.8) is 0 Å². The lowest BCUT2D eigenvalue weighted by molar-refractivity contribution is -0.615. The van der Waals surface area contributed by atoms with Gasteiger partial charge in [-0.2, -0.15) is 14.5 Å². The van der Waals surface area contributed by atoms with Crippen molar-refractivity contribution >= 4 is 17.5 Å². The third-order valence-corrected chi connectivity index (χ3v) is 8.65. The van der Waals surface area contributed by atoms with Gasteiger partial charge in [0.2, 0.25) is 11.6 Å². The van der Waals surface area contributed by atoms with E-state index in [1.807, 2.05) is 23.2 Å². The molecule has 1 aromatic carbocycles. The van der Waals surface area contributed by atoms with Gasteiger partial charge < -0.3 is 10.1 Å². The lowest BCUT2D eigenvalue weighted by atomic mass is 10.0. The molecule has 7 rings (SSSR count). The van der Waals surface area contributed by atoms with Crippen LogP contribution in [-0.2, 0) is 4.79 Å². The average molecular weight is 600 g/mol. The van der Waals surface area contributed by atoms with Gasteiger partial charge in [0.1, 0.15) is 12.4 Å². The molecule has 0 bridgehead atoms. The van der Waals surface area contributed by atoms with Crippen LogP contribution in [-0.4, -0.2) is 58.9 Å². The molecule has 2 fully saturated rings. The van der Waals surface area contributed by atoms with Crippen LogP contribution in [0.5, 0.6) is 0 Å². The zero-order chi connectivity index (χ0) is 29.5. The molecule has 3 atom stereocenters. The second-order valence-corrected chi connectivity index (χ2v) is 11.4. The van der Waals surface area contributed by atoms with E-state index < -0.39 is 11.9 Å². The molecule has 1 aliphatic carbocycles. The molecule has 43 heavy (non-hydrogen) atoms. The standard InChI is InChI=1S/C30H27ClFN9O2/c31-24-4-6-26(40-18-34-36-37-40)28(29(24)32)20-3-5-25(41(43)17-20)27(14-21-13-23(21)30(42)38-11-1-2-12-38)39-16-22(15-35-39)19-7-9-33-10-8-19/h3-10,15-18,21,23,27H,1-2,11-14H2/t21-,23-,27?/m0/s1. The van der Waals surface area contributed by atoms with Gasteiger partial charge in [-0.3, -0.25) is 14.5 Å². The number of benzene rings is 1. The van der Waals surface area contributed by atoms with Crippen molar-refractivity contribution in [1.29, 1.82) is 0 Å². The van der Waals surface area contributed by atoms with Gasteiger partial charge in [-0.1, -0.05) is 11.6 Å². The summed E-state index contributed by atoms with van der Waals surface area (Å²) >= 11 is 6.13. The van der Waals surface area contributed by atoms with E-state index in [1.165, 1.54) is 23.3 Å². The Balaban J connectivity index is 1.24. The number of carbonyl (C=O) groups is 1. The van der Waals surface area contributed by atoms with E-state index in [2.05, 4.69) is 25.6 Å². The van der Waals surface area contributed by atoms with Crippen LogP contribution in [0.4, 0.5) is 4.39 Å². The van der Waals surface area contributed by atoms with Gasteiger partial charge in [0.25, 0.3) is 0 Å². The van der Waals surface area contributed by atoms with E-state index >= 15 is 4.39 Å². The first-order chi connectivity index (χ1) is 21.0. The minimum atomic E-state index is -0.686. The molecule has 5 heterocycles. The lowest BCUT2D eigenvalue weighted by Crippen LogP contribution is -2.36. The number of carbonyl (C=O) groups excluding carboxylic acids is 1. The highest BCUT2D eigenvalue weighted by molar-refractivity contribution is 6.31. The molecular formula is C30H27ClFN9O2. The molecule has 5 aromatic rings. The highest BCUT2D eigenvalue weighted by Crippen LogP contribution is 2.47. The van der Waals surface area contributed by atoms with Crippen LogP contribution in [0.1, 0.15) is 37.4 Å². The number of aromatic nitrogens is 8. The van der Waals surface area contributed by atoms with Gasteiger partial charge in [0.15, 0.2) is 12.0 Å². The van der Waals surface area contributed by atoms with Crippen LogP contribution in [0.15, 0.2) is 73.7 Å². The number of hydrogen-bond donors (Lipinski definition) is 0. The monoisotopic (exact) mass is 599 g/mol. The number of pyridine rings is 2. The summed E-state index contributed by atoms with van der Waals surface area (Å²) in [5, 5.41) is 29.4. The zero-order valence-electron chi connectivity index (χ0n) is 23.0. The summed E-state index contributed by atoms with van der Waals surface area (Å²) in [5.41, 5.74) is 3.02. The Morgan fingerprint density at radius 1 is 1.09 bits per heavy atom. The molecule has 1 saturated heterocycles. The second kappa shape index (κ2) is 11.2. The molecule has 13 heteroatoms. The van der Waals surface area contributed by atoms with Crippen molar-refractivity contribution in [2.45, 2.75) is 31.7 Å². The summed E-state index contributed by atoms with van der Waals surface area (Å²) in [4.78, 5) is 19.1. The minimum absolute atomic E-state index is 0.0467. The van der Waals surface area contributed by atoms with Crippen LogP contribution in [0, 0.1) is 22.9 Å². The summed E-state index contributed by atoms with van der Waals surface area (Å²) in [6.07, 6.45) is 13.2. The molecule has 218 valence electrons. The van der Waals surface area contributed by atoms with Crippen LogP contribution < -0.4 is 4.73 Å². The molecule has 0 N–H and O–H groups in total. The number of hydrogen-bond acceptors (Lipinski definition) is 7. The first-order valence-electron chi connectivity index (χ1n) is 14.2. The molecule has 2 aliphatic rings. The number of tetrazole rings is 1. The summed E-state index contributed by atoms with van der Waals surface area (Å²) in [5.74, 6) is -0.400. The van der Waals surface area contributed by atoms with Crippen LogP contribution in [0.3, 0.4) is 0 Å². The fourth-order valence-corrected chi connectivity index (χ4v) is 6.17. The Morgan fingerprint density at radius 2 is 1.91 bits per heavy atom. The van der Waals surface area contributed by atoms with E-state index in [9.17, 15) is 10.0 Å². The molecule has 1 aliphatic heterocycles. The van der Waals surface area contributed by atoms with E-state index in [0.29, 0.717) is 23.4 Å². The molecular weight excluding hydrogens is 573 g/mol. The summed E-state index contributed by atoms with van der Waals surface area (Å²) in [6.45, 7) is 1.63. The van der Waals surface area contributed by atoms with Gasteiger partial charge in [-0.25, -0.2) is 4.39 Å². The summed E-state index contributed by atoms with van der Waals surface area (Å²) in [7, 11) is 0. The first kappa shape index (κ1) is 27.1. The van der Waals surface area contributed by atoms with Crippen LogP contribution in [0.2, 0.25) is 5.02 Å². The Labute approximate surface area is 251 Å². The molecule has 4 aromatic heterocycles. The van der Waals surface area contributed by atoms with Gasteiger partial charge in [0.05, 0.1) is 28.0 Å².